The van der Waals surface area contributed by atoms with E-state index in [1.165, 1.54) is 4.90 Å². The molecule has 2 aliphatic rings. The minimum atomic E-state index is -1.04. The summed E-state index contributed by atoms with van der Waals surface area (Å²) in [6, 6.07) is 38.1. The van der Waals surface area contributed by atoms with E-state index in [1.54, 1.807) is 0 Å². The van der Waals surface area contributed by atoms with Gasteiger partial charge in [0, 0.05) is 0 Å². The third-order valence-corrected chi connectivity index (χ3v) is 8.12. The zero-order chi connectivity index (χ0) is 32.3. The molecule has 4 aromatic rings. The molecule has 0 spiro atoms. The number of ether oxygens (including phenoxy) is 6. The SMILES string of the molecule is O=C1COCC(=O)N1[C@H]1[C@H](OCc2ccccc2)O[C@H](COCc2ccccc2)[C@@H](OCc2ccccc2)[C@@H]1OCc1ccccc1. The van der Waals surface area contributed by atoms with Crippen molar-refractivity contribution in [3.8, 4) is 0 Å². The number of hydrogen-bond donors (Lipinski definition) is 0. The van der Waals surface area contributed by atoms with Gasteiger partial charge in [0.25, 0.3) is 11.8 Å². The summed E-state index contributed by atoms with van der Waals surface area (Å²) in [4.78, 5) is 28.0. The average molecular weight is 638 g/mol. The van der Waals surface area contributed by atoms with Crippen molar-refractivity contribution in [3.05, 3.63) is 144 Å². The van der Waals surface area contributed by atoms with Gasteiger partial charge in [0.15, 0.2) is 6.29 Å². The number of morpholine rings is 1. The van der Waals surface area contributed by atoms with Gasteiger partial charge >= 0.3 is 0 Å². The van der Waals surface area contributed by atoms with E-state index in [0.29, 0.717) is 6.61 Å². The summed E-state index contributed by atoms with van der Waals surface area (Å²) in [6.07, 6.45) is -3.26. The molecule has 2 aliphatic heterocycles. The Balaban J connectivity index is 1.34. The zero-order valence-electron chi connectivity index (χ0n) is 26.1. The third-order valence-electron chi connectivity index (χ3n) is 8.12. The van der Waals surface area contributed by atoms with E-state index in [4.69, 9.17) is 28.4 Å². The third kappa shape index (κ3) is 8.78. The average Bonchev–Trinajstić information content (AvgIpc) is 3.11. The van der Waals surface area contributed by atoms with Crippen molar-refractivity contribution in [2.45, 2.75) is 57.1 Å². The maximum atomic E-state index is 13.4. The Hall–Kier alpha value is -4.22. The van der Waals surface area contributed by atoms with Crippen LogP contribution in [-0.4, -0.2) is 67.2 Å². The first kappa shape index (κ1) is 32.7. The molecule has 2 saturated heterocycles. The molecule has 0 aromatic heterocycles. The minimum absolute atomic E-state index is 0.155. The first-order valence-corrected chi connectivity index (χ1v) is 15.8. The van der Waals surface area contributed by atoms with Crippen LogP contribution in [0.1, 0.15) is 22.3 Å². The first-order chi connectivity index (χ1) is 23.2. The zero-order valence-corrected chi connectivity index (χ0v) is 26.1. The van der Waals surface area contributed by atoms with Gasteiger partial charge in [-0.2, -0.15) is 0 Å². The molecular weight excluding hydrogens is 598 g/mol. The molecule has 6 rings (SSSR count). The van der Waals surface area contributed by atoms with Crippen molar-refractivity contribution < 1.29 is 38.0 Å². The monoisotopic (exact) mass is 637 g/mol. The molecule has 2 amide bonds. The highest BCUT2D eigenvalue weighted by atomic mass is 16.7. The molecule has 2 heterocycles. The Labute approximate surface area is 274 Å². The number of nitrogens with zero attached hydrogens (tertiary/aromatic N) is 1. The minimum Gasteiger partial charge on any atom is -0.374 e. The Morgan fingerprint density at radius 3 is 1.47 bits per heavy atom. The van der Waals surface area contributed by atoms with E-state index in [9.17, 15) is 9.59 Å². The number of carbonyl (C=O) groups is 2. The largest absolute Gasteiger partial charge is 0.374 e. The van der Waals surface area contributed by atoms with Gasteiger partial charge in [-0.05, 0) is 22.3 Å². The van der Waals surface area contributed by atoms with Crippen LogP contribution >= 0.6 is 0 Å². The van der Waals surface area contributed by atoms with E-state index in [0.717, 1.165) is 22.3 Å². The predicted molar refractivity (Wildman–Crippen MR) is 172 cm³/mol. The fraction of sp³-hybridized carbons (Fsp3) is 0.316. The van der Waals surface area contributed by atoms with Gasteiger partial charge < -0.3 is 28.4 Å². The molecule has 9 nitrogen and oxygen atoms in total. The number of hydrogen-bond acceptors (Lipinski definition) is 8. The lowest BCUT2D eigenvalue weighted by Crippen LogP contribution is -2.69. The molecule has 9 heteroatoms. The maximum Gasteiger partial charge on any atom is 0.255 e. The second-order valence-corrected chi connectivity index (χ2v) is 11.5. The highest BCUT2D eigenvalue weighted by Gasteiger charge is 2.53. The molecule has 5 atom stereocenters. The second-order valence-electron chi connectivity index (χ2n) is 11.5. The van der Waals surface area contributed by atoms with Crippen molar-refractivity contribution in [3.63, 3.8) is 0 Å². The van der Waals surface area contributed by atoms with Crippen LogP contribution in [0.15, 0.2) is 121 Å². The number of amides is 2. The van der Waals surface area contributed by atoms with E-state index in [1.807, 2.05) is 121 Å². The Bertz CT molecular complexity index is 1520. The lowest BCUT2D eigenvalue weighted by atomic mass is 9.94. The van der Waals surface area contributed by atoms with Crippen molar-refractivity contribution >= 4 is 11.8 Å². The summed E-state index contributed by atoms with van der Waals surface area (Å²) in [6.45, 7) is 0.693. The highest BCUT2D eigenvalue weighted by Crippen LogP contribution is 2.33. The predicted octanol–water partition coefficient (Wildman–Crippen LogP) is 5.07. The van der Waals surface area contributed by atoms with Gasteiger partial charge in [-0.3, -0.25) is 14.5 Å². The summed E-state index contributed by atoms with van der Waals surface area (Å²) in [5.41, 5.74) is 3.81. The molecule has 0 N–H and O–H groups in total. The Morgan fingerprint density at radius 1 is 0.553 bits per heavy atom. The summed E-state index contributed by atoms with van der Waals surface area (Å²) in [7, 11) is 0. The van der Waals surface area contributed by atoms with Gasteiger partial charge in [0.05, 0.1) is 33.0 Å². The van der Waals surface area contributed by atoms with Crippen LogP contribution in [0.4, 0.5) is 0 Å². The van der Waals surface area contributed by atoms with Crippen LogP contribution in [-0.2, 0) is 64.4 Å². The topological polar surface area (TPSA) is 92.8 Å². The number of carbonyl (C=O) groups excluding carboxylic acids is 2. The van der Waals surface area contributed by atoms with Crippen molar-refractivity contribution in [2.75, 3.05) is 19.8 Å². The second kappa shape index (κ2) is 16.6. The normalized spacial score (nSPS) is 23.1. The summed E-state index contributed by atoms with van der Waals surface area (Å²) >= 11 is 0. The van der Waals surface area contributed by atoms with Crippen LogP contribution in [0.3, 0.4) is 0 Å². The Morgan fingerprint density at radius 2 is 0.979 bits per heavy atom. The van der Waals surface area contributed by atoms with E-state index < -0.39 is 42.5 Å². The fourth-order valence-corrected chi connectivity index (χ4v) is 5.82. The molecule has 0 radical (unpaired) electrons. The van der Waals surface area contributed by atoms with Gasteiger partial charge in [0.2, 0.25) is 0 Å². The molecule has 2 fully saturated rings. The van der Waals surface area contributed by atoms with Crippen molar-refractivity contribution in [2.24, 2.45) is 0 Å². The number of rotatable bonds is 14. The molecule has 0 aliphatic carbocycles. The number of imide groups is 1. The standard InChI is InChI=1S/C38H39NO8/c40-33-26-43-27-34(41)39(33)35-37(45-23-30-17-9-3-10-18-30)36(44-22-29-15-7-2-8-16-29)32(25-42-21-28-13-5-1-6-14-28)47-38(35)46-24-31-19-11-4-12-20-31/h1-20,32,35-38H,21-27H2/t32-,35-,36-,37-,38-/m1/s1. The van der Waals surface area contributed by atoms with Gasteiger partial charge in [-0.25, -0.2) is 0 Å². The lowest BCUT2D eigenvalue weighted by Gasteiger charge is -2.49. The molecule has 244 valence electrons. The van der Waals surface area contributed by atoms with Crippen molar-refractivity contribution in [1.82, 2.24) is 4.90 Å². The van der Waals surface area contributed by atoms with Crippen LogP contribution in [0.25, 0.3) is 0 Å². The molecule has 0 saturated carbocycles. The summed E-state index contributed by atoms with van der Waals surface area (Å²) < 4.78 is 37.9. The van der Waals surface area contributed by atoms with Crippen LogP contribution in [0, 0.1) is 0 Å². The Kier molecular flexibility index (Phi) is 11.5. The van der Waals surface area contributed by atoms with Crippen molar-refractivity contribution in [1.29, 1.82) is 0 Å². The summed E-state index contributed by atoms with van der Waals surface area (Å²) in [5, 5.41) is 0. The highest BCUT2D eigenvalue weighted by molar-refractivity contribution is 5.98. The van der Waals surface area contributed by atoms with Gasteiger partial charge in [-0.1, -0.05) is 121 Å². The van der Waals surface area contributed by atoms with E-state index in [-0.39, 0.29) is 39.6 Å². The lowest BCUT2D eigenvalue weighted by molar-refractivity contribution is -0.306. The summed E-state index contributed by atoms with van der Waals surface area (Å²) in [5.74, 6) is -0.978. The van der Waals surface area contributed by atoms with Crippen LogP contribution in [0.5, 0.6) is 0 Å². The maximum absolute atomic E-state index is 13.4. The fourth-order valence-electron chi connectivity index (χ4n) is 5.82. The van der Waals surface area contributed by atoms with Gasteiger partial charge in [-0.15, -0.1) is 0 Å². The van der Waals surface area contributed by atoms with Crippen LogP contribution in [0.2, 0.25) is 0 Å². The smallest absolute Gasteiger partial charge is 0.255 e. The van der Waals surface area contributed by atoms with E-state index >= 15 is 0 Å². The molecule has 4 aromatic carbocycles. The van der Waals surface area contributed by atoms with Crippen LogP contribution < -0.4 is 0 Å². The molecule has 47 heavy (non-hydrogen) atoms. The molecular formula is C38H39NO8. The first-order valence-electron chi connectivity index (χ1n) is 15.8. The van der Waals surface area contributed by atoms with E-state index in [2.05, 4.69) is 0 Å². The molecule has 0 bridgehead atoms. The molecule has 0 unspecified atom stereocenters. The quantitative estimate of drug-likeness (QED) is 0.177. The van der Waals surface area contributed by atoms with Gasteiger partial charge in [0.1, 0.15) is 37.6 Å². The number of benzene rings is 4.